The SMILES string of the molecule is O=C(O)[C@@H]1C[C@H]1C(=O)N[C@@H]1CCCN(c2ncccn2)C1. The van der Waals surface area contributed by atoms with Crippen LogP contribution in [-0.4, -0.2) is 46.1 Å². The average molecular weight is 290 g/mol. The third-order valence-corrected chi connectivity index (χ3v) is 4.05. The maximum absolute atomic E-state index is 12.0. The maximum atomic E-state index is 12.0. The number of carboxylic acid groups (broad SMARTS) is 1. The van der Waals surface area contributed by atoms with Crippen LogP contribution in [0.25, 0.3) is 0 Å². The van der Waals surface area contributed by atoms with Gasteiger partial charge in [-0.2, -0.15) is 0 Å². The van der Waals surface area contributed by atoms with E-state index < -0.39 is 11.9 Å². The van der Waals surface area contributed by atoms with Crippen molar-refractivity contribution in [3.8, 4) is 0 Å². The van der Waals surface area contributed by atoms with E-state index in [0.717, 1.165) is 19.4 Å². The Labute approximate surface area is 122 Å². The molecule has 1 amide bonds. The summed E-state index contributed by atoms with van der Waals surface area (Å²) in [6, 6.07) is 1.80. The number of amides is 1. The van der Waals surface area contributed by atoms with Crippen molar-refractivity contribution in [2.75, 3.05) is 18.0 Å². The van der Waals surface area contributed by atoms with Crippen LogP contribution in [-0.2, 0) is 9.59 Å². The number of piperidine rings is 1. The van der Waals surface area contributed by atoms with Gasteiger partial charge in [-0.15, -0.1) is 0 Å². The summed E-state index contributed by atoms with van der Waals surface area (Å²) >= 11 is 0. The molecule has 1 aliphatic heterocycles. The summed E-state index contributed by atoms with van der Waals surface area (Å²) in [6.07, 6.45) is 5.72. The molecule has 2 N–H and O–H groups in total. The lowest BCUT2D eigenvalue weighted by atomic mass is 10.1. The van der Waals surface area contributed by atoms with E-state index in [4.69, 9.17) is 5.11 Å². The Balaban J connectivity index is 1.55. The van der Waals surface area contributed by atoms with E-state index in [0.29, 0.717) is 18.9 Å². The highest BCUT2D eigenvalue weighted by Gasteiger charge is 2.48. The number of carbonyl (C=O) groups excluding carboxylic acids is 1. The van der Waals surface area contributed by atoms with Gasteiger partial charge in [-0.1, -0.05) is 0 Å². The third-order valence-electron chi connectivity index (χ3n) is 4.05. The molecule has 0 bridgehead atoms. The summed E-state index contributed by atoms with van der Waals surface area (Å²) in [5, 5.41) is 11.8. The Morgan fingerprint density at radius 1 is 1.29 bits per heavy atom. The van der Waals surface area contributed by atoms with Gasteiger partial charge in [-0.05, 0) is 25.3 Å². The molecule has 7 heteroatoms. The van der Waals surface area contributed by atoms with Crippen LogP contribution >= 0.6 is 0 Å². The predicted molar refractivity (Wildman–Crippen MR) is 74.6 cm³/mol. The van der Waals surface area contributed by atoms with Gasteiger partial charge in [0, 0.05) is 31.5 Å². The molecule has 7 nitrogen and oxygen atoms in total. The largest absolute Gasteiger partial charge is 0.481 e. The van der Waals surface area contributed by atoms with Gasteiger partial charge in [-0.3, -0.25) is 9.59 Å². The van der Waals surface area contributed by atoms with E-state index in [9.17, 15) is 9.59 Å². The summed E-state index contributed by atoms with van der Waals surface area (Å²) in [7, 11) is 0. The number of hydrogen-bond acceptors (Lipinski definition) is 5. The van der Waals surface area contributed by atoms with Crippen molar-refractivity contribution in [1.29, 1.82) is 0 Å². The highest BCUT2D eigenvalue weighted by molar-refractivity contribution is 5.89. The fraction of sp³-hybridized carbons (Fsp3) is 0.571. The zero-order chi connectivity index (χ0) is 14.8. The van der Waals surface area contributed by atoms with Crippen molar-refractivity contribution in [3.05, 3.63) is 18.5 Å². The van der Waals surface area contributed by atoms with E-state index in [-0.39, 0.29) is 17.9 Å². The van der Waals surface area contributed by atoms with Crippen molar-refractivity contribution in [1.82, 2.24) is 15.3 Å². The third kappa shape index (κ3) is 3.12. The lowest BCUT2D eigenvalue weighted by Gasteiger charge is -2.33. The molecule has 1 aromatic heterocycles. The van der Waals surface area contributed by atoms with Crippen LogP contribution in [0.5, 0.6) is 0 Å². The number of aromatic nitrogens is 2. The van der Waals surface area contributed by atoms with Gasteiger partial charge >= 0.3 is 5.97 Å². The van der Waals surface area contributed by atoms with Crippen molar-refractivity contribution in [3.63, 3.8) is 0 Å². The maximum Gasteiger partial charge on any atom is 0.307 e. The molecular formula is C14H18N4O3. The van der Waals surface area contributed by atoms with Gasteiger partial charge in [0.05, 0.1) is 11.8 Å². The minimum atomic E-state index is -0.877. The molecule has 0 spiro atoms. The van der Waals surface area contributed by atoms with E-state index >= 15 is 0 Å². The van der Waals surface area contributed by atoms with E-state index in [1.807, 2.05) is 0 Å². The van der Waals surface area contributed by atoms with Crippen LogP contribution in [0.2, 0.25) is 0 Å². The summed E-state index contributed by atoms with van der Waals surface area (Å²) in [6.45, 7) is 1.54. The molecule has 112 valence electrons. The Kier molecular flexibility index (Phi) is 3.72. The molecule has 3 rings (SSSR count). The van der Waals surface area contributed by atoms with E-state index in [2.05, 4.69) is 20.2 Å². The lowest BCUT2D eigenvalue weighted by Crippen LogP contribution is -2.48. The van der Waals surface area contributed by atoms with E-state index in [1.54, 1.807) is 18.5 Å². The topological polar surface area (TPSA) is 95.4 Å². The molecule has 2 aliphatic rings. The van der Waals surface area contributed by atoms with Crippen LogP contribution < -0.4 is 10.2 Å². The molecule has 1 aliphatic carbocycles. The first-order chi connectivity index (χ1) is 10.1. The number of hydrogen-bond donors (Lipinski definition) is 2. The minimum absolute atomic E-state index is 0.0325. The van der Waals surface area contributed by atoms with Crippen LogP contribution in [0, 0.1) is 11.8 Å². The molecular weight excluding hydrogens is 272 g/mol. The molecule has 0 unspecified atom stereocenters. The summed E-state index contributed by atoms with van der Waals surface area (Å²) in [5.74, 6) is -1.19. The number of carbonyl (C=O) groups is 2. The molecule has 1 saturated heterocycles. The summed E-state index contributed by atoms with van der Waals surface area (Å²) < 4.78 is 0. The normalized spacial score (nSPS) is 28.0. The van der Waals surface area contributed by atoms with Crippen molar-refractivity contribution >= 4 is 17.8 Å². The average Bonchev–Trinajstić information content (AvgIpc) is 3.29. The monoisotopic (exact) mass is 290 g/mol. The second-order valence-electron chi connectivity index (χ2n) is 5.63. The molecule has 1 aromatic rings. The zero-order valence-electron chi connectivity index (χ0n) is 11.6. The number of carboxylic acids is 1. The van der Waals surface area contributed by atoms with Gasteiger partial charge in [-0.25, -0.2) is 9.97 Å². The van der Waals surface area contributed by atoms with E-state index in [1.165, 1.54) is 0 Å². The second kappa shape index (κ2) is 5.67. The number of rotatable bonds is 4. The fourth-order valence-electron chi connectivity index (χ4n) is 2.80. The quantitative estimate of drug-likeness (QED) is 0.827. The van der Waals surface area contributed by atoms with Crippen LogP contribution in [0.3, 0.4) is 0 Å². The smallest absolute Gasteiger partial charge is 0.307 e. The van der Waals surface area contributed by atoms with Crippen molar-refractivity contribution < 1.29 is 14.7 Å². The minimum Gasteiger partial charge on any atom is -0.481 e. The first-order valence-corrected chi connectivity index (χ1v) is 7.20. The highest BCUT2D eigenvalue weighted by atomic mass is 16.4. The van der Waals surface area contributed by atoms with Gasteiger partial charge in [0.2, 0.25) is 11.9 Å². The van der Waals surface area contributed by atoms with Crippen LogP contribution in [0.15, 0.2) is 18.5 Å². The number of aliphatic carboxylic acids is 1. The first kappa shape index (κ1) is 13.8. The van der Waals surface area contributed by atoms with Gasteiger partial charge in [0.15, 0.2) is 0 Å². The molecule has 21 heavy (non-hydrogen) atoms. The summed E-state index contributed by atoms with van der Waals surface area (Å²) in [4.78, 5) is 33.3. The molecule has 2 fully saturated rings. The number of nitrogens with one attached hydrogen (secondary N) is 1. The van der Waals surface area contributed by atoms with Crippen LogP contribution in [0.1, 0.15) is 19.3 Å². The second-order valence-corrected chi connectivity index (χ2v) is 5.63. The predicted octanol–water partition coefficient (Wildman–Crippen LogP) is 0.282. The van der Waals surface area contributed by atoms with Gasteiger partial charge < -0.3 is 15.3 Å². The standard InChI is InChI=1S/C14H18N4O3/c19-12(10-7-11(10)13(20)21)17-9-3-1-6-18(8-9)14-15-4-2-5-16-14/h2,4-5,9-11H,1,3,6-8H2,(H,17,19)(H,20,21)/t9-,10-,11-/m1/s1. The van der Waals surface area contributed by atoms with Gasteiger partial charge in [0.25, 0.3) is 0 Å². The highest BCUT2D eigenvalue weighted by Crippen LogP contribution is 2.38. The number of nitrogens with zero attached hydrogens (tertiary/aromatic N) is 3. The first-order valence-electron chi connectivity index (χ1n) is 7.20. The Morgan fingerprint density at radius 3 is 2.71 bits per heavy atom. The Morgan fingerprint density at radius 2 is 2.05 bits per heavy atom. The molecule has 1 saturated carbocycles. The Bertz CT molecular complexity index is 536. The molecule has 0 aromatic carbocycles. The van der Waals surface area contributed by atoms with Crippen LogP contribution in [0.4, 0.5) is 5.95 Å². The summed E-state index contributed by atoms with van der Waals surface area (Å²) in [5.41, 5.74) is 0. The molecule has 3 atom stereocenters. The molecule has 0 radical (unpaired) electrons. The number of anilines is 1. The zero-order valence-corrected chi connectivity index (χ0v) is 11.6. The van der Waals surface area contributed by atoms with Crippen molar-refractivity contribution in [2.45, 2.75) is 25.3 Å². The van der Waals surface area contributed by atoms with Gasteiger partial charge in [0.1, 0.15) is 0 Å². The molecule has 2 heterocycles. The Hall–Kier alpha value is -2.18. The fourth-order valence-corrected chi connectivity index (χ4v) is 2.80. The van der Waals surface area contributed by atoms with Crippen molar-refractivity contribution in [2.24, 2.45) is 11.8 Å². The lowest BCUT2D eigenvalue weighted by molar-refractivity contribution is -0.140.